The highest BCUT2D eigenvalue weighted by molar-refractivity contribution is 5.90. The van der Waals surface area contributed by atoms with Gasteiger partial charge in [0, 0.05) is 12.6 Å². The quantitative estimate of drug-likeness (QED) is 0.845. The zero-order valence-corrected chi connectivity index (χ0v) is 13.5. The second-order valence-corrected chi connectivity index (χ2v) is 7.07. The number of carbonyl (C=O) groups excluding carboxylic acids is 1. The predicted octanol–water partition coefficient (Wildman–Crippen LogP) is 1.10. The van der Waals surface area contributed by atoms with Gasteiger partial charge in [-0.05, 0) is 64.1 Å². The maximum atomic E-state index is 12.0. The largest absolute Gasteiger partial charge is 0.346 e. The molecule has 1 aromatic heterocycles. The molecule has 3 heterocycles. The molecule has 1 saturated carbocycles. The fourth-order valence-corrected chi connectivity index (χ4v) is 3.68. The lowest BCUT2D eigenvalue weighted by molar-refractivity contribution is 0.0937. The molecule has 2 atom stereocenters. The van der Waals surface area contributed by atoms with Gasteiger partial charge in [0.05, 0.1) is 6.04 Å². The second-order valence-electron chi connectivity index (χ2n) is 7.07. The van der Waals surface area contributed by atoms with Crippen LogP contribution < -0.4 is 10.6 Å². The second kappa shape index (κ2) is 6.57. The van der Waals surface area contributed by atoms with E-state index in [4.69, 9.17) is 4.52 Å². The summed E-state index contributed by atoms with van der Waals surface area (Å²) in [7, 11) is 0. The SMILES string of the molecule is O=C(NC1CC1)c1noc(C2CCCN2CC2CCCNC2)n1. The maximum absolute atomic E-state index is 12.0. The average Bonchev–Trinajstić information content (AvgIpc) is 3.07. The zero-order valence-electron chi connectivity index (χ0n) is 13.5. The fraction of sp³-hybridized carbons (Fsp3) is 0.812. The van der Waals surface area contributed by atoms with Crippen molar-refractivity contribution in [2.75, 3.05) is 26.2 Å². The van der Waals surface area contributed by atoms with Crippen LogP contribution in [0.4, 0.5) is 0 Å². The van der Waals surface area contributed by atoms with E-state index in [1.807, 2.05) is 0 Å². The molecule has 3 aliphatic rings. The number of nitrogens with zero attached hydrogens (tertiary/aromatic N) is 3. The molecule has 2 unspecified atom stereocenters. The van der Waals surface area contributed by atoms with Crippen LogP contribution >= 0.6 is 0 Å². The van der Waals surface area contributed by atoms with E-state index in [1.54, 1.807) is 0 Å². The summed E-state index contributed by atoms with van der Waals surface area (Å²) < 4.78 is 5.41. The summed E-state index contributed by atoms with van der Waals surface area (Å²) in [6.45, 7) is 4.39. The van der Waals surface area contributed by atoms with E-state index in [9.17, 15) is 4.79 Å². The molecule has 3 fully saturated rings. The van der Waals surface area contributed by atoms with Crippen LogP contribution in [0.15, 0.2) is 4.52 Å². The van der Waals surface area contributed by atoms with Gasteiger partial charge >= 0.3 is 0 Å². The number of hydrogen-bond donors (Lipinski definition) is 2. The molecule has 2 N–H and O–H groups in total. The van der Waals surface area contributed by atoms with Crippen molar-refractivity contribution >= 4 is 5.91 Å². The zero-order chi connectivity index (χ0) is 15.6. The van der Waals surface area contributed by atoms with Gasteiger partial charge in [-0.15, -0.1) is 0 Å². The van der Waals surface area contributed by atoms with Gasteiger partial charge in [-0.25, -0.2) is 0 Å². The molecule has 2 aliphatic heterocycles. The lowest BCUT2D eigenvalue weighted by atomic mass is 9.99. The third kappa shape index (κ3) is 3.55. The van der Waals surface area contributed by atoms with Gasteiger partial charge in [-0.3, -0.25) is 9.69 Å². The van der Waals surface area contributed by atoms with Crippen molar-refractivity contribution in [1.29, 1.82) is 0 Å². The Bertz CT molecular complexity index is 550. The molecule has 7 heteroatoms. The van der Waals surface area contributed by atoms with Crippen molar-refractivity contribution < 1.29 is 9.32 Å². The van der Waals surface area contributed by atoms with Crippen molar-refractivity contribution in [1.82, 2.24) is 25.7 Å². The number of piperidine rings is 1. The van der Waals surface area contributed by atoms with Crippen molar-refractivity contribution in [3.8, 4) is 0 Å². The van der Waals surface area contributed by atoms with Crippen LogP contribution in [0.3, 0.4) is 0 Å². The highest BCUT2D eigenvalue weighted by atomic mass is 16.5. The van der Waals surface area contributed by atoms with Gasteiger partial charge < -0.3 is 15.2 Å². The highest BCUT2D eigenvalue weighted by Crippen LogP contribution is 2.32. The van der Waals surface area contributed by atoms with E-state index < -0.39 is 0 Å². The number of aromatic nitrogens is 2. The Hall–Kier alpha value is -1.47. The van der Waals surface area contributed by atoms with Crippen LogP contribution in [-0.2, 0) is 0 Å². The normalized spacial score (nSPS) is 28.9. The van der Waals surface area contributed by atoms with Gasteiger partial charge in [0.15, 0.2) is 0 Å². The summed E-state index contributed by atoms with van der Waals surface area (Å²) in [4.78, 5) is 18.8. The van der Waals surface area contributed by atoms with E-state index >= 15 is 0 Å². The summed E-state index contributed by atoms with van der Waals surface area (Å²) in [6.07, 6.45) is 6.84. The molecule has 126 valence electrons. The molecular formula is C16H25N5O2. The number of rotatable bonds is 5. The van der Waals surface area contributed by atoms with E-state index in [1.165, 1.54) is 12.8 Å². The molecule has 2 saturated heterocycles. The van der Waals surface area contributed by atoms with E-state index in [2.05, 4.69) is 25.7 Å². The van der Waals surface area contributed by atoms with Crippen molar-refractivity contribution in [3.05, 3.63) is 11.7 Å². The Labute approximate surface area is 136 Å². The van der Waals surface area contributed by atoms with Crippen LogP contribution in [0, 0.1) is 5.92 Å². The average molecular weight is 319 g/mol. The van der Waals surface area contributed by atoms with Crippen LogP contribution in [0.1, 0.15) is 61.1 Å². The summed E-state index contributed by atoms with van der Waals surface area (Å²) in [5.74, 6) is 1.28. The third-order valence-electron chi connectivity index (χ3n) is 5.10. The Morgan fingerprint density at radius 3 is 3.00 bits per heavy atom. The molecule has 23 heavy (non-hydrogen) atoms. The number of amides is 1. The Kier molecular flexibility index (Phi) is 4.31. The van der Waals surface area contributed by atoms with E-state index in [0.29, 0.717) is 17.9 Å². The van der Waals surface area contributed by atoms with Crippen molar-refractivity contribution in [3.63, 3.8) is 0 Å². The molecule has 1 aromatic rings. The molecule has 4 rings (SSSR count). The first-order chi connectivity index (χ1) is 11.3. The Morgan fingerprint density at radius 2 is 2.22 bits per heavy atom. The summed E-state index contributed by atoms with van der Waals surface area (Å²) in [6, 6.07) is 0.484. The first-order valence-electron chi connectivity index (χ1n) is 8.89. The van der Waals surface area contributed by atoms with Crippen LogP contribution in [0.25, 0.3) is 0 Å². The van der Waals surface area contributed by atoms with Gasteiger partial charge in [0.1, 0.15) is 0 Å². The molecule has 0 spiro atoms. The van der Waals surface area contributed by atoms with Gasteiger partial charge in [-0.2, -0.15) is 4.98 Å². The molecule has 1 amide bonds. The first kappa shape index (κ1) is 15.1. The lowest BCUT2D eigenvalue weighted by Gasteiger charge is -2.29. The molecule has 0 radical (unpaired) electrons. The minimum absolute atomic E-state index is 0.173. The van der Waals surface area contributed by atoms with E-state index in [0.717, 1.165) is 51.9 Å². The minimum atomic E-state index is -0.205. The van der Waals surface area contributed by atoms with Gasteiger partial charge in [-0.1, -0.05) is 5.16 Å². The van der Waals surface area contributed by atoms with Crippen molar-refractivity contribution in [2.45, 2.75) is 50.6 Å². The summed E-state index contributed by atoms with van der Waals surface area (Å²) >= 11 is 0. The first-order valence-corrected chi connectivity index (χ1v) is 8.89. The topological polar surface area (TPSA) is 83.3 Å². The standard InChI is InChI=1S/C16H25N5O2/c22-15(18-12-5-6-12)14-19-16(23-20-14)13-4-2-8-21(13)10-11-3-1-7-17-9-11/h11-13,17H,1-10H2,(H,18,22). The number of carbonyl (C=O) groups is 1. The predicted molar refractivity (Wildman–Crippen MR) is 83.9 cm³/mol. The number of likely N-dealkylation sites (tertiary alicyclic amines) is 1. The fourth-order valence-electron chi connectivity index (χ4n) is 3.68. The van der Waals surface area contributed by atoms with E-state index in [-0.39, 0.29) is 17.8 Å². The molecule has 7 nitrogen and oxygen atoms in total. The number of nitrogens with one attached hydrogen (secondary N) is 2. The monoisotopic (exact) mass is 319 g/mol. The molecule has 0 aromatic carbocycles. The molecule has 0 bridgehead atoms. The van der Waals surface area contributed by atoms with Crippen LogP contribution in [0.2, 0.25) is 0 Å². The maximum Gasteiger partial charge on any atom is 0.292 e. The lowest BCUT2D eigenvalue weighted by Crippen LogP contribution is -2.38. The molecular weight excluding hydrogens is 294 g/mol. The Balaban J connectivity index is 1.39. The van der Waals surface area contributed by atoms with Gasteiger partial charge in [0.2, 0.25) is 5.89 Å². The summed E-state index contributed by atoms with van der Waals surface area (Å²) in [5.41, 5.74) is 0. The minimum Gasteiger partial charge on any atom is -0.346 e. The van der Waals surface area contributed by atoms with Crippen LogP contribution in [0.5, 0.6) is 0 Å². The van der Waals surface area contributed by atoms with Gasteiger partial charge in [0.25, 0.3) is 11.7 Å². The smallest absolute Gasteiger partial charge is 0.292 e. The summed E-state index contributed by atoms with van der Waals surface area (Å²) in [5, 5.41) is 10.3. The number of hydrogen-bond acceptors (Lipinski definition) is 6. The Morgan fingerprint density at radius 1 is 1.30 bits per heavy atom. The van der Waals surface area contributed by atoms with Crippen molar-refractivity contribution in [2.24, 2.45) is 5.92 Å². The molecule has 1 aliphatic carbocycles. The van der Waals surface area contributed by atoms with Crippen LogP contribution in [-0.4, -0.2) is 53.2 Å². The highest BCUT2D eigenvalue weighted by Gasteiger charge is 2.33. The third-order valence-corrected chi connectivity index (χ3v) is 5.10.